The smallest absolute Gasteiger partial charge is 0.303 e. The zero-order chi connectivity index (χ0) is 29.0. The van der Waals surface area contributed by atoms with Crippen molar-refractivity contribution in [2.75, 3.05) is 19.7 Å². The van der Waals surface area contributed by atoms with E-state index in [1.165, 1.54) is 45.4 Å². The second kappa shape index (κ2) is 9.63. The van der Waals surface area contributed by atoms with Crippen LogP contribution in [0.4, 0.5) is 0 Å². The van der Waals surface area contributed by atoms with Gasteiger partial charge in [-0.15, -0.1) is 0 Å². The monoisotopic (exact) mass is 573 g/mol. The van der Waals surface area contributed by atoms with Crippen molar-refractivity contribution in [2.45, 2.75) is 142 Å². The fraction of sp³-hybridized carbons (Fsp3) is 0.971. The lowest BCUT2D eigenvalue weighted by Gasteiger charge is -2.60. The summed E-state index contributed by atoms with van der Waals surface area (Å²) < 4.78 is 25.1. The molecule has 2 saturated heterocycles. The predicted molar refractivity (Wildman–Crippen MR) is 155 cm³/mol. The van der Waals surface area contributed by atoms with E-state index in [2.05, 4.69) is 26.1 Å². The highest BCUT2D eigenvalue weighted by Crippen LogP contribution is 2.87. The molecule has 12 atom stereocenters. The maximum absolute atomic E-state index is 11.9. The number of aliphatic hydroxyl groups is 1. The Hall–Kier alpha value is -0.730. The second-order valence-electron chi connectivity index (χ2n) is 16.6. The minimum absolute atomic E-state index is 0.107. The van der Waals surface area contributed by atoms with E-state index in [0.717, 1.165) is 57.2 Å². The van der Waals surface area contributed by atoms with Crippen molar-refractivity contribution in [2.24, 2.45) is 45.3 Å². The Labute approximate surface area is 247 Å². The van der Waals surface area contributed by atoms with Crippen LogP contribution in [0.5, 0.6) is 0 Å². The summed E-state index contributed by atoms with van der Waals surface area (Å²) in [5.74, 6) is 2.45. The van der Waals surface area contributed by atoms with Gasteiger partial charge in [-0.05, 0) is 123 Å². The minimum atomic E-state index is -1.13. The quantitative estimate of drug-likeness (QED) is 0.436. The summed E-state index contributed by atoms with van der Waals surface area (Å²) in [7, 11) is 0. The Morgan fingerprint density at radius 2 is 1.78 bits per heavy atom. The number of ether oxygens (including phenoxy) is 4. The van der Waals surface area contributed by atoms with Crippen LogP contribution in [-0.2, 0) is 23.7 Å². The SMILES string of the molecule is CC(=O)O[C@@H](C1CCC2C(CC3C4CCC5C(C)(C)[C@@H](OC6CNCCO6)CC[C@@]56C[C@@]46CCC23C)O1)C(C)(C)O. The van der Waals surface area contributed by atoms with Gasteiger partial charge in [-0.1, -0.05) is 20.8 Å². The molecule has 7 fully saturated rings. The summed E-state index contributed by atoms with van der Waals surface area (Å²) in [4.78, 5) is 11.9. The van der Waals surface area contributed by atoms with Gasteiger partial charge in [-0.25, -0.2) is 0 Å². The number of morpholine rings is 1. The third-order valence-corrected chi connectivity index (χ3v) is 14.1. The van der Waals surface area contributed by atoms with Crippen molar-refractivity contribution in [3.05, 3.63) is 0 Å². The number of hydrogen-bond acceptors (Lipinski definition) is 7. The maximum Gasteiger partial charge on any atom is 0.303 e. The Morgan fingerprint density at radius 3 is 2.49 bits per heavy atom. The molecule has 0 aromatic rings. The largest absolute Gasteiger partial charge is 0.457 e. The average molecular weight is 574 g/mol. The summed E-state index contributed by atoms with van der Waals surface area (Å²) >= 11 is 0. The van der Waals surface area contributed by atoms with E-state index >= 15 is 0 Å². The lowest BCUT2D eigenvalue weighted by atomic mass is 9.46. The molecule has 41 heavy (non-hydrogen) atoms. The van der Waals surface area contributed by atoms with Crippen molar-refractivity contribution >= 4 is 5.97 Å². The van der Waals surface area contributed by atoms with Crippen LogP contribution in [0.1, 0.15) is 106 Å². The molecule has 2 N–H and O–H groups in total. The van der Waals surface area contributed by atoms with Crippen LogP contribution in [-0.4, -0.2) is 67.1 Å². The molecular weight excluding hydrogens is 518 g/mol. The van der Waals surface area contributed by atoms with Crippen molar-refractivity contribution in [1.82, 2.24) is 5.32 Å². The van der Waals surface area contributed by atoms with Gasteiger partial charge in [-0.2, -0.15) is 0 Å². The first kappa shape index (κ1) is 29.0. The van der Waals surface area contributed by atoms with Gasteiger partial charge in [0.25, 0.3) is 0 Å². The van der Waals surface area contributed by atoms with Crippen LogP contribution in [0.15, 0.2) is 0 Å². The Kier molecular flexibility index (Phi) is 6.82. The Balaban J connectivity index is 1.08. The lowest BCUT2D eigenvalue weighted by Crippen LogP contribution is -2.56. The number of carbonyl (C=O) groups is 1. The number of nitrogens with one attached hydrogen (secondary N) is 1. The van der Waals surface area contributed by atoms with Gasteiger partial charge < -0.3 is 29.4 Å². The number of hydrogen-bond donors (Lipinski definition) is 2. The van der Waals surface area contributed by atoms with Crippen molar-refractivity contribution in [1.29, 1.82) is 0 Å². The summed E-state index contributed by atoms with van der Waals surface area (Å²) in [6, 6.07) is 0. The first-order chi connectivity index (χ1) is 19.3. The molecule has 7 heteroatoms. The van der Waals surface area contributed by atoms with Crippen LogP contribution >= 0.6 is 0 Å². The molecule has 0 aromatic carbocycles. The molecule has 7 rings (SSSR count). The molecule has 0 aromatic heterocycles. The van der Waals surface area contributed by atoms with E-state index in [1.807, 2.05) is 0 Å². The molecule has 0 bridgehead atoms. The number of fused-ring (bicyclic) bond motifs is 4. The van der Waals surface area contributed by atoms with E-state index in [0.29, 0.717) is 28.1 Å². The van der Waals surface area contributed by atoms with Gasteiger partial charge in [0.15, 0.2) is 12.4 Å². The summed E-state index contributed by atoms with van der Waals surface area (Å²) in [5, 5.41) is 14.3. The lowest BCUT2D eigenvalue weighted by molar-refractivity contribution is -0.232. The number of carbonyl (C=O) groups excluding carboxylic acids is 1. The summed E-state index contributed by atoms with van der Waals surface area (Å²) in [5.41, 5.74) is 0.360. The molecule has 7 nitrogen and oxygen atoms in total. The third kappa shape index (κ3) is 4.25. The van der Waals surface area contributed by atoms with Gasteiger partial charge in [0, 0.05) is 20.0 Å². The highest BCUT2D eigenvalue weighted by atomic mass is 16.7. The Morgan fingerprint density at radius 1 is 1.00 bits per heavy atom. The van der Waals surface area contributed by atoms with E-state index in [-0.39, 0.29) is 36.0 Å². The number of esters is 1. The molecular formula is C34H55NO6. The molecule has 0 radical (unpaired) electrons. The molecule has 2 aliphatic heterocycles. The van der Waals surface area contributed by atoms with Gasteiger partial charge in [-0.3, -0.25) is 4.79 Å². The Bertz CT molecular complexity index is 1030. The van der Waals surface area contributed by atoms with Crippen LogP contribution in [0.25, 0.3) is 0 Å². The zero-order valence-corrected chi connectivity index (χ0v) is 26.4. The van der Waals surface area contributed by atoms with E-state index < -0.39 is 11.7 Å². The minimum Gasteiger partial charge on any atom is -0.457 e. The maximum atomic E-state index is 11.9. The molecule has 5 aliphatic carbocycles. The first-order valence-corrected chi connectivity index (χ1v) is 16.8. The summed E-state index contributed by atoms with van der Waals surface area (Å²) in [6.45, 7) is 15.0. The fourth-order valence-electron chi connectivity index (χ4n) is 12.4. The third-order valence-electron chi connectivity index (χ3n) is 14.1. The fourth-order valence-corrected chi connectivity index (χ4v) is 12.4. The molecule has 2 heterocycles. The second-order valence-corrected chi connectivity index (χ2v) is 16.6. The van der Waals surface area contributed by atoms with Gasteiger partial charge in [0.1, 0.15) is 0 Å². The molecule has 0 amide bonds. The summed E-state index contributed by atoms with van der Waals surface area (Å²) in [6.07, 6.45) is 11.8. The topological polar surface area (TPSA) is 86.3 Å². The average Bonchev–Trinajstić information content (AvgIpc) is 3.49. The standard InChI is InChI=1S/C34H55NO6/c1-20(36)39-29(31(4,5)37)24-9-7-22-25(40-24)17-23-21-8-10-26-30(2,3)27(41-28-18-35-15-16-38-28)11-12-34(26)19-33(21,34)14-13-32(22,23)6/h21-29,35,37H,7-19H2,1-6H3/t21?,22?,23?,24?,25?,26?,27-,28?,29-,32?,33-,34+/m0/s1. The molecule has 2 spiro atoms. The van der Waals surface area contributed by atoms with Crippen molar-refractivity contribution in [3.63, 3.8) is 0 Å². The number of rotatable bonds is 5. The normalized spacial score (nSPS) is 50.8. The first-order valence-electron chi connectivity index (χ1n) is 16.8. The molecule has 7 aliphatic rings. The van der Waals surface area contributed by atoms with E-state index in [9.17, 15) is 9.90 Å². The van der Waals surface area contributed by atoms with Crippen molar-refractivity contribution < 1.29 is 28.8 Å². The highest BCUT2D eigenvalue weighted by molar-refractivity contribution is 5.66. The predicted octanol–water partition coefficient (Wildman–Crippen LogP) is 5.23. The van der Waals surface area contributed by atoms with Gasteiger partial charge in [0.2, 0.25) is 0 Å². The van der Waals surface area contributed by atoms with Crippen LogP contribution in [0, 0.1) is 45.3 Å². The van der Waals surface area contributed by atoms with Crippen LogP contribution in [0.3, 0.4) is 0 Å². The molecule has 8 unspecified atom stereocenters. The van der Waals surface area contributed by atoms with E-state index in [1.54, 1.807) is 13.8 Å². The van der Waals surface area contributed by atoms with Crippen molar-refractivity contribution in [3.8, 4) is 0 Å². The zero-order valence-electron chi connectivity index (χ0n) is 26.4. The molecule has 232 valence electrons. The van der Waals surface area contributed by atoms with Gasteiger partial charge >= 0.3 is 5.97 Å². The van der Waals surface area contributed by atoms with Gasteiger partial charge in [0.05, 0.1) is 30.5 Å². The molecule has 5 saturated carbocycles. The highest BCUT2D eigenvalue weighted by Gasteiger charge is 2.80. The van der Waals surface area contributed by atoms with Crippen LogP contribution in [0.2, 0.25) is 0 Å². The van der Waals surface area contributed by atoms with E-state index in [4.69, 9.17) is 18.9 Å². The van der Waals surface area contributed by atoms with Crippen LogP contribution < -0.4 is 5.32 Å².